The normalized spacial score (nSPS) is 12.8. The molecule has 2 heterocycles. The van der Waals surface area contributed by atoms with Crippen molar-refractivity contribution >= 4 is 15.9 Å². The average molecular weight is 283 g/mol. The van der Waals surface area contributed by atoms with Gasteiger partial charge in [0, 0.05) is 11.4 Å². The SMILES string of the molecule is Cc1ccc(C)n1NC(C)c1ccc(Br)o1. The van der Waals surface area contributed by atoms with Gasteiger partial charge in [-0.2, -0.15) is 0 Å². The average Bonchev–Trinajstić information content (AvgIpc) is 2.79. The minimum atomic E-state index is 0.135. The minimum Gasteiger partial charge on any atom is -0.452 e. The van der Waals surface area contributed by atoms with Gasteiger partial charge in [0.25, 0.3) is 0 Å². The molecule has 0 spiro atoms. The maximum atomic E-state index is 5.51. The zero-order valence-corrected chi connectivity index (χ0v) is 11.2. The van der Waals surface area contributed by atoms with E-state index >= 15 is 0 Å². The van der Waals surface area contributed by atoms with E-state index in [2.05, 4.69) is 58.9 Å². The molecule has 0 saturated heterocycles. The van der Waals surface area contributed by atoms with Crippen LogP contribution in [0.2, 0.25) is 0 Å². The lowest BCUT2D eigenvalue weighted by molar-refractivity contribution is 0.458. The summed E-state index contributed by atoms with van der Waals surface area (Å²) in [5.74, 6) is 0.916. The Hall–Kier alpha value is -1.16. The second kappa shape index (κ2) is 4.37. The Labute approximate surface area is 104 Å². The molecule has 0 aliphatic rings. The molecule has 0 aromatic carbocycles. The highest BCUT2D eigenvalue weighted by molar-refractivity contribution is 9.10. The van der Waals surface area contributed by atoms with Crippen molar-refractivity contribution in [1.29, 1.82) is 0 Å². The molecule has 0 radical (unpaired) electrons. The van der Waals surface area contributed by atoms with Gasteiger partial charge in [-0.05, 0) is 61.0 Å². The standard InChI is InChI=1S/C12H15BrN2O/c1-8-4-5-9(2)15(8)14-10(3)11-6-7-12(13)16-11/h4-7,10,14H,1-3H3. The molecule has 0 bridgehead atoms. The summed E-state index contributed by atoms with van der Waals surface area (Å²) < 4.78 is 8.35. The number of nitrogens with one attached hydrogen (secondary N) is 1. The Morgan fingerprint density at radius 1 is 1.19 bits per heavy atom. The molecule has 0 aliphatic carbocycles. The molecule has 16 heavy (non-hydrogen) atoms. The van der Waals surface area contributed by atoms with Crippen molar-refractivity contribution in [1.82, 2.24) is 4.68 Å². The third-order valence-electron chi connectivity index (χ3n) is 2.61. The Bertz CT molecular complexity index is 467. The first-order valence-electron chi connectivity index (χ1n) is 5.24. The van der Waals surface area contributed by atoms with Crippen LogP contribution in [0.5, 0.6) is 0 Å². The van der Waals surface area contributed by atoms with Crippen molar-refractivity contribution in [3.8, 4) is 0 Å². The number of furan rings is 1. The lowest BCUT2D eigenvalue weighted by Crippen LogP contribution is -2.20. The largest absolute Gasteiger partial charge is 0.452 e. The number of halogens is 1. The van der Waals surface area contributed by atoms with Gasteiger partial charge in [-0.15, -0.1) is 0 Å². The van der Waals surface area contributed by atoms with E-state index < -0.39 is 0 Å². The summed E-state index contributed by atoms with van der Waals surface area (Å²) in [6.45, 7) is 6.22. The highest BCUT2D eigenvalue weighted by atomic mass is 79.9. The third-order valence-corrected chi connectivity index (χ3v) is 3.04. The second-order valence-electron chi connectivity index (χ2n) is 3.94. The molecule has 2 aromatic heterocycles. The number of hydrogen-bond acceptors (Lipinski definition) is 2. The quantitative estimate of drug-likeness (QED) is 0.929. The van der Waals surface area contributed by atoms with Crippen LogP contribution < -0.4 is 5.43 Å². The van der Waals surface area contributed by atoms with Gasteiger partial charge in [0.15, 0.2) is 4.67 Å². The van der Waals surface area contributed by atoms with E-state index in [1.807, 2.05) is 12.1 Å². The summed E-state index contributed by atoms with van der Waals surface area (Å²) in [4.78, 5) is 0. The zero-order valence-electron chi connectivity index (χ0n) is 9.62. The highest BCUT2D eigenvalue weighted by Crippen LogP contribution is 2.21. The summed E-state index contributed by atoms with van der Waals surface area (Å²) in [6, 6.07) is 8.19. The van der Waals surface area contributed by atoms with E-state index in [0.717, 1.165) is 10.4 Å². The van der Waals surface area contributed by atoms with E-state index in [4.69, 9.17) is 4.42 Å². The minimum absolute atomic E-state index is 0.135. The van der Waals surface area contributed by atoms with Crippen molar-refractivity contribution in [2.75, 3.05) is 5.43 Å². The third kappa shape index (κ3) is 2.16. The molecular formula is C12H15BrN2O. The number of aryl methyl sites for hydroxylation is 2. The van der Waals surface area contributed by atoms with Crippen LogP contribution in [0, 0.1) is 13.8 Å². The molecule has 0 saturated carbocycles. The summed E-state index contributed by atoms with van der Waals surface area (Å²) in [7, 11) is 0. The van der Waals surface area contributed by atoms with Crippen LogP contribution in [0.15, 0.2) is 33.4 Å². The van der Waals surface area contributed by atoms with Gasteiger partial charge in [-0.1, -0.05) is 0 Å². The molecule has 3 nitrogen and oxygen atoms in total. The van der Waals surface area contributed by atoms with Gasteiger partial charge in [0.2, 0.25) is 0 Å². The smallest absolute Gasteiger partial charge is 0.169 e. The Kier molecular flexibility index (Phi) is 3.10. The van der Waals surface area contributed by atoms with Crippen LogP contribution in [0.1, 0.15) is 30.1 Å². The Balaban J connectivity index is 2.16. The fourth-order valence-corrected chi connectivity index (χ4v) is 2.01. The lowest BCUT2D eigenvalue weighted by Gasteiger charge is -2.17. The molecule has 2 aromatic rings. The fourth-order valence-electron chi connectivity index (χ4n) is 1.69. The molecule has 1 unspecified atom stereocenters. The molecule has 1 atom stereocenters. The summed E-state index contributed by atoms with van der Waals surface area (Å²) in [5.41, 5.74) is 5.77. The number of hydrogen-bond donors (Lipinski definition) is 1. The zero-order chi connectivity index (χ0) is 11.7. The van der Waals surface area contributed by atoms with Crippen molar-refractivity contribution in [3.05, 3.63) is 46.1 Å². The molecule has 0 fully saturated rings. The molecule has 86 valence electrons. The van der Waals surface area contributed by atoms with Gasteiger partial charge in [0.05, 0.1) is 6.04 Å². The molecule has 0 aliphatic heterocycles. The maximum Gasteiger partial charge on any atom is 0.169 e. The van der Waals surface area contributed by atoms with Crippen LogP contribution in [0.4, 0.5) is 0 Å². The van der Waals surface area contributed by atoms with Gasteiger partial charge in [-0.25, -0.2) is 0 Å². The summed E-state index contributed by atoms with van der Waals surface area (Å²) in [5, 5.41) is 0. The van der Waals surface area contributed by atoms with Crippen molar-refractivity contribution in [2.24, 2.45) is 0 Å². The molecular weight excluding hydrogens is 268 g/mol. The van der Waals surface area contributed by atoms with E-state index in [9.17, 15) is 0 Å². The van der Waals surface area contributed by atoms with Crippen LogP contribution in [0.3, 0.4) is 0 Å². The molecule has 0 amide bonds. The summed E-state index contributed by atoms with van der Waals surface area (Å²) >= 11 is 3.31. The monoisotopic (exact) mass is 282 g/mol. The van der Waals surface area contributed by atoms with Gasteiger partial charge in [0.1, 0.15) is 5.76 Å². The van der Waals surface area contributed by atoms with Crippen LogP contribution in [0.25, 0.3) is 0 Å². The van der Waals surface area contributed by atoms with E-state index in [0.29, 0.717) is 0 Å². The Morgan fingerprint density at radius 3 is 2.31 bits per heavy atom. The molecule has 4 heteroatoms. The number of rotatable bonds is 3. The summed E-state index contributed by atoms with van der Waals surface area (Å²) in [6.07, 6.45) is 0. The second-order valence-corrected chi connectivity index (χ2v) is 4.73. The first-order chi connectivity index (χ1) is 7.58. The van der Waals surface area contributed by atoms with Crippen LogP contribution in [-0.4, -0.2) is 4.68 Å². The Morgan fingerprint density at radius 2 is 1.81 bits per heavy atom. The van der Waals surface area contributed by atoms with Gasteiger partial charge >= 0.3 is 0 Å². The lowest BCUT2D eigenvalue weighted by atomic mass is 10.3. The van der Waals surface area contributed by atoms with Gasteiger partial charge in [-0.3, -0.25) is 4.68 Å². The fraction of sp³-hybridized carbons (Fsp3) is 0.333. The molecule has 2 rings (SSSR count). The first-order valence-corrected chi connectivity index (χ1v) is 6.04. The van der Waals surface area contributed by atoms with Crippen molar-refractivity contribution < 1.29 is 4.42 Å². The van der Waals surface area contributed by atoms with Crippen molar-refractivity contribution in [2.45, 2.75) is 26.8 Å². The van der Waals surface area contributed by atoms with Crippen LogP contribution in [-0.2, 0) is 0 Å². The van der Waals surface area contributed by atoms with Gasteiger partial charge < -0.3 is 9.84 Å². The van der Waals surface area contributed by atoms with E-state index in [-0.39, 0.29) is 6.04 Å². The van der Waals surface area contributed by atoms with Crippen LogP contribution >= 0.6 is 15.9 Å². The molecule has 1 N–H and O–H groups in total. The van der Waals surface area contributed by atoms with E-state index in [1.165, 1.54) is 11.4 Å². The predicted molar refractivity (Wildman–Crippen MR) is 68.1 cm³/mol. The topological polar surface area (TPSA) is 30.1 Å². The number of nitrogens with zero attached hydrogens (tertiary/aromatic N) is 1. The first kappa shape index (κ1) is 11.3. The predicted octanol–water partition coefficient (Wildman–Crippen LogP) is 3.77. The highest BCUT2D eigenvalue weighted by Gasteiger charge is 2.11. The maximum absolute atomic E-state index is 5.51. The number of aromatic nitrogens is 1. The van der Waals surface area contributed by atoms with E-state index in [1.54, 1.807) is 0 Å². The van der Waals surface area contributed by atoms with Crippen molar-refractivity contribution in [3.63, 3.8) is 0 Å².